The highest BCUT2D eigenvalue weighted by atomic mass is 16.3. The summed E-state index contributed by atoms with van der Waals surface area (Å²) >= 11 is 0. The third-order valence-corrected chi connectivity index (χ3v) is 3.44. The maximum atomic E-state index is 9.21. The molecular weight excluding hydrogens is 202 g/mol. The number of aromatic hydroxyl groups is 1. The molecule has 0 spiro atoms. The quantitative estimate of drug-likeness (QED) is 0.848. The normalized spacial score (nSPS) is 19.4. The van der Waals surface area contributed by atoms with Crippen LogP contribution in [0.5, 0.6) is 5.75 Å². The van der Waals surface area contributed by atoms with Gasteiger partial charge in [0.1, 0.15) is 0 Å². The number of aromatic nitrogens is 2. The van der Waals surface area contributed by atoms with E-state index in [-0.39, 0.29) is 5.75 Å². The van der Waals surface area contributed by atoms with E-state index in [0.717, 1.165) is 6.54 Å². The van der Waals surface area contributed by atoms with Crippen molar-refractivity contribution in [2.45, 2.75) is 39.3 Å². The number of nitrogens with zero attached hydrogens (tertiary/aromatic N) is 3. The van der Waals surface area contributed by atoms with Crippen molar-refractivity contribution >= 4 is 0 Å². The van der Waals surface area contributed by atoms with Crippen LogP contribution in [0, 0.1) is 5.92 Å². The van der Waals surface area contributed by atoms with Crippen LogP contribution in [0.25, 0.3) is 0 Å². The average molecular weight is 223 g/mol. The Morgan fingerprint density at radius 2 is 2.12 bits per heavy atom. The van der Waals surface area contributed by atoms with Gasteiger partial charge in [0.2, 0.25) is 0 Å². The van der Waals surface area contributed by atoms with Gasteiger partial charge in [-0.25, -0.2) is 0 Å². The topological polar surface area (TPSA) is 41.3 Å². The first kappa shape index (κ1) is 11.5. The summed E-state index contributed by atoms with van der Waals surface area (Å²) in [6.07, 6.45) is 5.68. The average Bonchev–Trinajstić information content (AvgIpc) is 2.65. The minimum absolute atomic E-state index is 0.264. The highest BCUT2D eigenvalue weighted by Gasteiger charge is 2.21. The molecule has 0 atom stereocenters. The second-order valence-electron chi connectivity index (χ2n) is 4.99. The van der Waals surface area contributed by atoms with Gasteiger partial charge >= 0.3 is 0 Å². The van der Waals surface area contributed by atoms with Gasteiger partial charge in [0.25, 0.3) is 0 Å². The Kier molecular flexibility index (Phi) is 3.49. The van der Waals surface area contributed by atoms with Gasteiger partial charge in [-0.3, -0.25) is 4.68 Å². The Morgan fingerprint density at radius 1 is 1.44 bits per heavy atom. The van der Waals surface area contributed by atoms with E-state index < -0.39 is 0 Å². The van der Waals surface area contributed by atoms with Gasteiger partial charge in [0, 0.05) is 12.6 Å². The van der Waals surface area contributed by atoms with Crippen molar-refractivity contribution in [3.63, 3.8) is 0 Å². The first-order chi connectivity index (χ1) is 7.65. The molecule has 0 radical (unpaired) electrons. The summed E-state index contributed by atoms with van der Waals surface area (Å²) in [5.41, 5.74) is 0. The summed E-state index contributed by atoms with van der Waals surface area (Å²) in [4.78, 5) is 2.52. The summed E-state index contributed by atoms with van der Waals surface area (Å²) in [5, 5.41) is 13.3. The fourth-order valence-corrected chi connectivity index (χ4v) is 2.37. The molecule has 1 aromatic rings. The van der Waals surface area contributed by atoms with Crippen molar-refractivity contribution in [2.75, 3.05) is 13.1 Å². The molecule has 0 aliphatic carbocycles. The van der Waals surface area contributed by atoms with E-state index in [4.69, 9.17) is 0 Å². The molecule has 0 bridgehead atoms. The van der Waals surface area contributed by atoms with Gasteiger partial charge in [-0.15, -0.1) is 0 Å². The molecule has 4 heteroatoms. The molecule has 1 aliphatic rings. The largest absolute Gasteiger partial charge is 0.505 e. The SMILES string of the molecule is CC(C)N1CCC(Cn2cc(O)cn2)CC1. The van der Waals surface area contributed by atoms with E-state index in [9.17, 15) is 5.11 Å². The van der Waals surface area contributed by atoms with Crippen LogP contribution in [0.4, 0.5) is 0 Å². The lowest BCUT2D eigenvalue weighted by molar-refractivity contribution is 0.140. The van der Waals surface area contributed by atoms with Gasteiger partial charge < -0.3 is 10.0 Å². The van der Waals surface area contributed by atoms with Crippen molar-refractivity contribution in [2.24, 2.45) is 5.92 Å². The van der Waals surface area contributed by atoms with Crippen LogP contribution in [0.3, 0.4) is 0 Å². The molecule has 0 saturated carbocycles. The molecule has 2 rings (SSSR count). The van der Waals surface area contributed by atoms with E-state index >= 15 is 0 Å². The van der Waals surface area contributed by atoms with Crippen molar-refractivity contribution in [1.82, 2.24) is 14.7 Å². The standard InChI is InChI=1S/C12H21N3O/c1-10(2)14-5-3-11(4-6-14)8-15-9-12(16)7-13-15/h7,9-11,16H,3-6,8H2,1-2H3. The van der Waals surface area contributed by atoms with Crippen molar-refractivity contribution in [3.05, 3.63) is 12.4 Å². The number of piperidine rings is 1. The Bertz CT molecular complexity index is 327. The minimum Gasteiger partial charge on any atom is -0.505 e. The zero-order chi connectivity index (χ0) is 11.5. The Hall–Kier alpha value is -1.03. The van der Waals surface area contributed by atoms with Gasteiger partial charge in [-0.05, 0) is 45.7 Å². The molecular formula is C12H21N3O. The fraction of sp³-hybridized carbons (Fsp3) is 0.750. The molecule has 1 aromatic heterocycles. The van der Waals surface area contributed by atoms with Crippen molar-refractivity contribution < 1.29 is 5.11 Å². The van der Waals surface area contributed by atoms with Gasteiger partial charge in [-0.2, -0.15) is 5.10 Å². The van der Waals surface area contributed by atoms with Gasteiger partial charge in [-0.1, -0.05) is 0 Å². The molecule has 16 heavy (non-hydrogen) atoms. The van der Waals surface area contributed by atoms with Gasteiger partial charge in [0.15, 0.2) is 5.75 Å². The number of likely N-dealkylation sites (tertiary alicyclic amines) is 1. The summed E-state index contributed by atoms with van der Waals surface area (Å²) in [6, 6.07) is 0.662. The monoisotopic (exact) mass is 223 g/mol. The zero-order valence-corrected chi connectivity index (χ0v) is 10.1. The lowest BCUT2D eigenvalue weighted by Gasteiger charge is -2.34. The molecule has 1 saturated heterocycles. The number of hydrogen-bond donors (Lipinski definition) is 1. The molecule has 90 valence electrons. The molecule has 2 heterocycles. The minimum atomic E-state index is 0.264. The molecule has 0 aromatic carbocycles. The van der Waals surface area contributed by atoms with Crippen LogP contribution in [-0.4, -0.2) is 38.9 Å². The van der Waals surface area contributed by atoms with E-state index in [1.165, 1.54) is 32.1 Å². The maximum Gasteiger partial charge on any atom is 0.153 e. The molecule has 1 N–H and O–H groups in total. The van der Waals surface area contributed by atoms with Crippen LogP contribution in [0.1, 0.15) is 26.7 Å². The van der Waals surface area contributed by atoms with E-state index in [0.29, 0.717) is 12.0 Å². The van der Waals surface area contributed by atoms with Gasteiger partial charge in [0.05, 0.1) is 12.4 Å². The summed E-state index contributed by atoms with van der Waals surface area (Å²) in [6.45, 7) is 7.83. The highest BCUT2D eigenvalue weighted by Crippen LogP contribution is 2.20. The number of hydrogen-bond acceptors (Lipinski definition) is 3. The Morgan fingerprint density at radius 3 is 2.62 bits per heavy atom. The summed E-state index contributed by atoms with van der Waals surface area (Å²) in [5.74, 6) is 0.967. The van der Waals surface area contributed by atoms with Crippen molar-refractivity contribution in [1.29, 1.82) is 0 Å². The first-order valence-electron chi connectivity index (χ1n) is 6.10. The van der Waals surface area contributed by atoms with E-state index in [1.54, 1.807) is 6.20 Å². The van der Waals surface area contributed by atoms with Crippen LogP contribution in [-0.2, 0) is 6.54 Å². The van der Waals surface area contributed by atoms with Crippen LogP contribution >= 0.6 is 0 Å². The lowest BCUT2D eigenvalue weighted by atomic mass is 9.96. The van der Waals surface area contributed by atoms with Crippen LogP contribution < -0.4 is 0 Å². The van der Waals surface area contributed by atoms with Crippen LogP contribution in [0.2, 0.25) is 0 Å². The molecule has 1 aliphatic heterocycles. The third kappa shape index (κ3) is 2.76. The predicted octanol–water partition coefficient (Wildman–Crippen LogP) is 1.71. The first-order valence-corrected chi connectivity index (χ1v) is 6.10. The van der Waals surface area contributed by atoms with Crippen molar-refractivity contribution in [3.8, 4) is 5.75 Å². The molecule has 4 nitrogen and oxygen atoms in total. The number of rotatable bonds is 3. The van der Waals surface area contributed by atoms with E-state index in [2.05, 4.69) is 23.8 Å². The lowest BCUT2D eigenvalue weighted by Crippen LogP contribution is -2.39. The fourth-order valence-electron chi connectivity index (χ4n) is 2.37. The smallest absolute Gasteiger partial charge is 0.153 e. The van der Waals surface area contributed by atoms with Crippen LogP contribution in [0.15, 0.2) is 12.4 Å². The Labute approximate surface area is 96.9 Å². The molecule has 0 unspecified atom stereocenters. The maximum absolute atomic E-state index is 9.21. The predicted molar refractivity (Wildman–Crippen MR) is 63.3 cm³/mol. The molecule has 0 amide bonds. The second kappa shape index (κ2) is 4.87. The summed E-state index contributed by atoms with van der Waals surface area (Å²) < 4.78 is 1.85. The highest BCUT2D eigenvalue weighted by molar-refractivity contribution is 5.08. The second-order valence-corrected chi connectivity index (χ2v) is 4.99. The molecule has 1 fully saturated rings. The van der Waals surface area contributed by atoms with E-state index in [1.807, 2.05) is 4.68 Å². The summed E-state index contributed by atoms with van der Waals surface area (Å²) in [7, 11) is 0. The Balaban J connectivity index is 1.81. The zero-order valence-electron chi connectivity index (χ0n) is 10.1. The third-order valence-electron chi connectivity index (χ3n) is 3.44.